The van der Waals surface area contributed by atoms with Crippen molar-refractivity contribution in [3.63, 3.8) is 0 Å². The summed E-state index contributed by atoms with van der Waals surface area (Å²) in [6, 6.07) is 18.8. The predicted octanol–water partition coefficient (Wildman–Crippen LogP) is 6.00. The minimum atomic E-state index is -0.430. The molecule has 2 aromatic heterocycles. The highest BCUT2D eigenvalue weighted by atomic mass is 16.5. The molecule has 7 nitrogen and oxygen atoms in total. The van der Waals surface area contributed by atoms with Gasteiger partial charge in [-0.1, -0.05) is 37.6 Å². The van der Waals surface area contributed by atoms with Crippen LogP contribution in [0, 0.1) is 0 Å². The summed E-state index contributed by atoms with van der Waals surface area (Å²) in [7, 11) is 1.36. The van der Waals surface area contributed by atoms with Gasteiger partial charge in [0.1, 0.15) is 22.6 Å². The van der Waals surface area contributed by atoms with Crippen LogP contribution in [0.2, 0.25) is 0 Å². The summed E-state index contributed by atoms with van der Waals surface area (Å²) in [6.07, 6.45) is 2.04. The lowest BCUT2D eigenvalue weighted by molar-refractivity contribution is 0.0603. The van der Waals surface area contributed by atoms with Crippen molar-refractivity contribution in [3.05, 3.63) is 66.2 Å². The molecule has 0 unspecified atom stereocenters. The number of hydrogen-bond donors (Lipinski definition) is 1. The van der Waals surface area contributed by atoms with Crippen molar-refractivity contribution < 1.29 is 18.7 Å². The Balaban J connectivity index is 1.60. The highest BCUT2D eigenvalue weighted by molar-refractivity contribution is 6.03. The topological polar surface area (TPSA) is 90.2 Å². The molecule has 0 spiro atoms. The third-order valence-corrected chi connectivity index (χ3v) is 5.47. The number of fused-ring (bicyclic) bond motifs is 2. The van der Waals surface area contributed by atoms with Crippen LogP contribution in [-0.2, 0) is 4.74 Å². The Bertz CT molecular complexity index is 1450. The number of nitrogens with zero attached hydrogens (tertiary/aromatic N) is 2. The molecule has 0 atom stereocenters. The third kappa shape index (κ3) is 3.82. The van der Waals surface area contributed by atoms with E-state index in [1.54, 1.807) is 12.1 Å². The molecule has 7 heteroatoms. The zero-order chi connectivity index (χ0) is 22.8. The quantitative estimate of drug-likeness (QED) is 0.246. The van der Waals surface area contributed by atoms with Crippen LogP contribution in [0.1, 0.15) is 30.1 Å². The minimum absolute atomic E-state index is 0.406. The smallest absolute Gasteiger partial charge is 0.340 e. The number of para-hydroxylation sites is 3. The normalized spacial score (nSPS) is 11.2. The summed E-state index contributed by atoms with van der Waals surface area (Å²) >= 11 is 0. The number of oxazole rings is 1. The Morgan fingerprint density at radius 1 is 0.970 bits per heavy atom. The predicted molar refractivity (Wildman–Crippen MR) is 126 cm³/mol. The summed E-state index contributed by atoms with van der Waals surface area (Å²) in [5.41, 5.74) is 4.59. The second kappa shape index (κ2) is 8.78. The number of aromatic nitrogens is 3. The van der Waals surface area contributed by atoms with Gasteiger partial charge >= 0.3 is 5.97 Å². The minimum Gasteiger partial charge on any atom is -0.493 e. The average molecular weight is 441 g/mol. The van der Waals surface area contributed by atoms with E-state index in [0.29, 0.717) is 40.5 Å². The Labute approximate surface area is 190 Å². The van der Waals surface area contributed by atoms with Crippen molar-refractivity contribution in [2.45, 2.75) is 19.8 Å². The van der Waals surface area contributed by atoms with Crippen LogP contribution in [0.3, 0.4) is 0 Å². The maximum Gasteiger partial charge on any atom is 0.340 e. The lowest BCUT2D eigenvalue weighted by Crippen LogP contribution is -2.01. The lowest BCUT2D eigenvalue weighted by atomic mass is 10.2. The fourth-order valence-corrected chi connectivity index (χ4v) is 3.78. The van der Waals surface area contributed by atoms with Gasteiger partial charge in [-0.2, -0.15) is 0 Å². The molecule has 0 amide bonds. The fourth-order valence-electron chi connectivity index (χ4n) is 3.78. The van der Waals surface area contributed by atoms with Crippen molar-refractivity contribution in [1.82, 2.24) is 15.0 Å². The second-order valence-corrected chi connectivity index (χ2v) is 7.65. The van der Waals surface area contributed by atoms with Crippen LogP contribution in [-0.4, -0.2) is 34.6 Å². The number of methoxy groups -OCH3 is 1. The number of aromatic amines is 1. The number of carbonyl (C=O) groups is 1. The summed E-state index contributed by atoms with van der Waals surface area (Å²) in [4.78, 5) is 24.9. The molecule has 5 rings (SSSR count). The molecule has 0 aliphatic carbocycles. The van der Waals surface area contributed by atoms with Gasteiger partial charge in [-0.05, 0) is 42.8 Å². The first kappa shape index (κ1) is 20.8. The standard InChI is InChI=1S/C26H23N3O4/c1-3-4-15-32-20-13-6-5-9-16(20)25-29-23-17(10-8-14-21(23)33-25)24-27-19-12-7-11-18(22(19)28-24)26(30)31-2/h5-14H,3-4,15H2,1-2H3,(H,27,28). The van der Waals surface area contributed by atoms with E-state index in [2.05, 4.69) is 16.9 Å². The van der Waals surface area contributed by atoms with E-state index >= 15 is 0 Å². The lowest BCUT2D eigenvalue weighted by Gasteiger charge is -2.08. The van der Waals surface area contributed by atoms with Crippen molar-refractivity contribution >= 4 is 28.1 Å². The summed E-state index contributed by atoms with van der Waals surface area (Å²) in [5.74, 6) is 1.39. The summed E-state index contributed by atoms with van der Waals surface area (Å²) in [5, 5.41) is 0. The van der Waals surface area contributed by atoms with Gasteiger partial charge in [0, 0.05) is 5.56 Å². The summed E-state index contributed by atoms with van der Waals surface area (Å²) < 4.78 is 17.0. The first-order valence-corrected chi connectivity index (χ1v) is 10.9. The van der Waals surface area contributed by atoms with Gasteiger partial charge in [-0.3, -0.25) is 0 Å². The highest BCUT2D eigenvalue weighted by Crippen LogP contribution is 2.35. The number of H-pyrrole nitrogens is 1. The summed E-state index contributed by atoms with van der Waals surface area (Å²) in [6.45, 7) is 2.77. The van der Waals surface area contributed by atoms with E-state index in [1.807, 2.05) is 48.5 Å². The zero-order valence-corrected chi connectivity index (χ0v) is 18.4. The van der Waals surface area contributed by atoms with Crippen LogP contribution in [0.4, 0.5) is 0 Å². The number of esters is 1. The maximum atomic E-state index is 12.2. The van der Waals surface area contributed by atoms with Crippen LogP contribution in [0.5, 0.6) is 5.75 Å². The molecule has 5 aromatic rings. The second-order valence-electron chi connectivity index (χ2n) is 7.65. The first-order chi connectivity index (χ1) is 16.2. The molecule has 0 saturated carbocycles. The fraction of sp³-hybridized carbons (Fsp3) is 0.192. The zero-order valence-electron chi connectivity index (χ0n) is 18.4. The Hall–Kier alpha value is -4.13. The number of imidazole rings is 1. The van der Waals surface area contributed by atoms with E-state index in [-0.39, 0.29) is 0 Å². The number of unbranched alkanes of at least 4 members (excludes halogenated alkanes) is 1. The van der Waals surface area contributed by atoms with E-state index in [1.165, 1.54) is 7.11 Å². The van der Waals surface area contributed by atoms with Gasteiger partial charge in [0.25, 0.3) is 0 Å². The maximum absolute atomic E-state index is 12.2. The molecule has 0 aliphatic rings. The van der Waals surface area contributed by atoms with E-state index < -0.39 is 5.97 Å². The number of carbonyl (C=O) groups excluding carboxylic acids is 1. The van der Waals surface area contributed by atoms with Gasteiger partial charge in [0.2, 0.25) is 5.89 Å². The van der Waals surface area contributed by atoms with Crippen molar-refractivity contribution in [2.75, 3.05) is 13.7 Å². The van der Waals surface area contributed by atoms with Gasteiger partial charge in [0.05, 0.1) is 30.4 Å². The van der Waals surface area contributed by atoms with Gasteiger partial charge < -0.3 is 18.9 Å². The van der Waals surface area contributed by atoms with Crippen LogP contribution in [0.25, 0.3) is 45.0 Å². The number of ether oxygens (including phenoxy) is 2. The van der Waals surface area contributed by atoms with Crippen molar-refractivity contribution in [1.29, 1.82) is 0 Å². The highest BCUT2D eigenvalue weighted by Gasteiger charge is 2.19. The average Bonchev–Trinajstić information content (AvgIpc) is 3.48. The first-order valence-electron chi connectivity index (χ1n) is 10.9. The third-order valence-electron chi connectivity index (χ3n) is 5.47. The molecule has 1 N–H and O–H groups in total. The molecule has 0 bridgehead atoms. The molecule has 33 heavy (non-hydrogen) atoms. The molecular formula is C26H23N3O4. The molecule has 0 fully saturated rings. The van der Waals surface area contributed by atoms with E-state index in [9.17, 15) is 4.79 Å². The number of rotatable bonds is 7. The molecule has 0 radical (unpaired) electrons. The molecule has 0 saturated heterocycles. The monoisotopic (exact) mass is 441 g/mol. The molecule has 0 aliphatic heterocycles. The molecule has 3 aromatic carbocycles. The van der Waals surface area contributed by atoms with Crippen LogP contribution < -0.4 is 4.74 Å². The van der Waals surface area contributed by atoms with Gasteiger partial charge in [-0.15, -0.1) is 0 Å². The number of nitrogens with one attached hydrogen (secondary N) is 1. The van der Waals surface area contributed by atoms with Gasteiger partial charge in [-0.25, -0.2) is 14.8 Å². The van der Waals surface area contributed by atoms with E-state index in [0.717, 1.165) is 35.2 Å². The van der Waals surface area contributed by atoms with Crippen molar-refractivity contribution in [2.24, 2.45) is 0 Å². The Morgan fingerprint density at radius 2 is 1.79 bits per heavy atom. The Kier molecular flexibility index (Phi) is 5.52. The van der Waals surface area contributed by atoms with Crippen LogP contribution in [0.15, 0.2) is 65.1 Å². The van der Waals surface area contributed by atoms with E-state index in [4.69, 9.17) is 18.9 Å². The SMILES string of the molecule is CCCCOc1ccccc1-c1nc2c(-c3nc4c(C(=O)OC)cccc4[nH]3)cccc2o1. The van der Waals surface area contributed by atoms with Gasteiger partial charge in [0.15, 0.2) is 5.58 Å². The largest absolute Gasteiger partial charge is 0.493 e. The molecular weight excluding hydrogens is 418 g/mol. The number of benzene rings is 3. The molecule has 166 valence electrons. The van der Waals surface area contributed by atoms with Crippen molar-refractivity contribution in [3.8, 4) is 28.6 Å². The number of hydrogen-bond acceptors (Lipinski definition) is 6. The molecule has 2 heterocycles. The Morgan fingerprint density at radius 3 is 2.64 bits per heavy atom. The van der Waals surface area contributed by atoms with Crippen LogP contribution >= 0.6 is 0 Å².